The summed E-state index contributed by atoms with van der Waals surface area (Å²) in [5.74, 6) is -2.03. The molecule has 5 amide bonds. The number of Topliss-reactive ketones (excluding diaryl/α,β-unsaturated/α-hetero) is 1. The van der Waals surface area contributed by atoms with E-state index in [0.717, 1.165) is 77.0 Å². The van der Waals surface area contributed by atoms with Gasteiger partial charge in [-0.3, -0.25) is 19.2 Å². The van der Waals surface area contributed by atoms with E-state index in [1.165, 1.54) is 18.4 Å². The lowest BCUT2D eigenvalue weighted by atomic mass is 9.70. The van der Waals surface area contributed by atoms with Gasteiger partial charge in [0.2, 0.25) is 27.6 Å². The summed E-state index contributed by atoms with van der Waals surface area (Å²) in [5.41, 5.74) is -1.71. The lowest BCUT2D eigenvalue weighted by Crippen LogP contribution is -2.65. The maximum atomic E-state index is 14.9. The van der Waals surface area contributed by atoms with Gasteiger partial charge in [0.1, 0.15) is 12.1 Å². The number of rotatable bonds is 14. The van der Waals surface area contributed by atoms with E-state index in [2.05, 4.69) is 35.1 Å². The van der Waals surface area contributed by atoms with Crippen LogP contribution in [-0.4, -0.2) is 103 Å². The number of carbonyl (C=O) groups excluding carboxylic acids is 5. The molecule has 1 heterocycles. The fourth-order valence-electron chi connectivity index (χ4n) is 9.40. The van der Waals surface area contributed by atoms with Crippen molar-refractivity contribution in [1.82, 2.24) is 30.5 Å². The average molecular weight is 733 g/mol. The molecule has 4 N–H and O–H groups in total. The number of nitrogens with zero attached hydrogens (tertiary/aromatic N) is 2. The third-order valence-corrected chi connectivity index (χ3v) is 15.2. The molecule has 286 valence electrons. The zero-order chi connectivity index (χ0) is 36.9. The molecule has 0 aromatic carbocycles. The molecule has 0 radical (unpaired) electrons. The first kappa shape index (κ1) is 38.0. The van der Waals surface area contributed by atoms with Gasteiger partial charge < -0.3 is 26.2 Å². The number of likely N-dealkylation sites (tertiary alicyclic amines) is 1. The highest BCUT2D eigenvalue weighted by molar-refractivity contribution is 7.89. The summed E-state index contributed by atoms with van der Waals surface area (Å²) in [6.45, 7) is 6.58. The molecule has 14 heteroatoms. The van der Waals surface area contributed by atoms with Crippen molar-refractivity contribution in [1.29, 1.82) is 0 Å². The molecule has 0 spiro atoms. The van der Waals surface area contributed by atoms with Gasteiger partial charge in [-0.05, 0) is 73.5 Å². The Morgan fingerprint density at radius 2 is 1.45 bits per heavy atom. The molecule has 1 saturated heterocycles. The summed E-state index contributed by atoms with van der Waals surface area (Å²) in [4.78, 5) is 71.0. The number of fused-ring (bicyclic) bond motifs is 1. The van der Waals surface area contributed by atoms with Crippen molar-refractivity contribution in [3.05, 3.63) is 0 Å². The van der Waals surface area contributed by atoms with E-state index in [-0.39, 0.29) is 40.9 Å². The summed E-state index contributed by atoms with van der Waals surface area (Å²) in [5, 5.41) is 11.8. The third kappa shape index (κ3) is 8.26. The van der Waals surface area contributed by atoms with Gasteiger partial charge in [-0.2, -0.15) is 0 Å². The Hall–Kier alpha value is -2.74. The fourth-order valence-corrected chi connectivity index (χ4v) is 10.7. The van der Waals surface area contributed by atoms with Gasteiger partial charge in [-0.15, -0.1) is 0 Å². The van der Waals surface area contributed by atoms with E-state index in [4.69, 9.17) is 0 Å². The second-order valence-electron chi connectivity index (χ2n) is 17.9. The van der Waals surface area contributed by atoms with Crippen LogP contribution in [0.2, 0.25) is 0 Å². The fraction of sp³-hybridized carbons (Fsp3) is 0.865. The van der Waals surface area contributed by atoms with Crippen LogP contribution >= 0.6 is 0 Å². The normalized spacial score (nSPS) is 28.9. The molecule has 5 saturated carbocycles. The van der Waals surface area contributed by atoms with E-state index < -0.39 is 62.7 Å². The minimum Gasteiger partial charge on any atom is -0.347 e. The predicted octanol–water partition coefficient (Wildman–Crippen LogP) is 2.83. The molecular formula is C37H60N6O7S. The summed E-state index contributed by atoms with van der Waals surface area (Å²) in [6, 6.07) is -3.29. The van der Waals surface area contributed by atoms with Crippen molar-refractivity contribution >= 4 is 39.6 Å². The second-order valence-corrected chi connectivity index (χ2v) is 20.0. The highest BCUT2D eigenvalue weighted by atomic mass is 32.2. The maximum Gasteiger partial charge on any atom is 0.315 e. The molecule has 6 fully saturated rings. The van der Waals surface area contributed by atoms with Crippen molar-refractivity contribution < 1.29 is 32.4 Å². The molecule has 6 rings (SSSR count). The standard InChI is InChI=1S/C37H60N6O7S/c1-35(2)25-21-43(28(27(25)35)31(45)39-26(20-23-12-13-23)29(44)32(46)38-24-14-15-24)33(47)30(36(3)16-8-6-9-17-36)40-34(48)41-37(18-10-7-11-19-37)22-51(49,50)42(4)5/h23-28,30H,6-22H2,1-5H3,(H,38,46)(H,39,45)(H2,40,41,48). The third-order valence-electron chi connectivity index (χ3n) is 13.2. The molecule has 51 heavy (non-hydrogen) atoms. The van der Waals surface area contributed by atoms with Crippen molar-refractivity contribution in [3.8, 4) is 0 Å². The van der Waals surface area contributed by atoms with Crippen LogP contribution in [0.1, 0.15) is 117 Å². The van der Waals surface area contributed by atoms with Crippen LogP contribution in [0.4, 0.5) is 4.79 Å². The number of piperidine rings is 1. The molecule has 1 aliphatic heterocycles. The molecular weight excluding hydrogens is 673 g/mol. The number of sulfonamides is 1. The largest absolute Gasteiger partial charge is 0.347 e. The maximum absolute atomic E-state index is 14.9. The van der Waals surface area contributed by atoms with E-state index in [1.54, 1.807) is 4.90 Å². The average Bonchev–Trinajstić information content (AvgIpc) is 4.03. The lowest BCUT2D eigenvalue weighted by molar-refractivity contribution is -0.146. The van der Waals surface area contributed by atoms with Crippen LogP contribution < -0.4 is 21.3 Å². The van der Waals surface area contributed by atoms with Gasteiger partial charge in [-0.1, -0.05) is 72.1 Å². The van der Waals surface area contributed by atoms with Crippen molar-refractivity contribution in [2.75, 3.05) is 26.4 Å². The molecule has 6 aliphatic rings. The van der Waals surface area contributed by atoms with Gasteiger partial charge in [0.05, 0.1) is 17.3 Å². The SMILES string of the molecule is CN(C)S(=O)(=O)CC1(NC(=O)NC(C(=O)N2CC3C(C2C(=O)NC(CC2CC2)C(=O)C(=O)NC2CC2)C3(C)C)C2(C)CCCCC2)CCCCC1. The van der Waals surface area contributed by atoms with Crippen molar-refractivity contribution in [2.24, 2.45) is 28.6 Å². The Kier molecular flexibility index (Phi) is 10.6. The molecule has 0 aromatic heterocycles. The Morgan fingerprint density at radius 1 is 0.843 bits per heavy atom. The number of nitrogens with one attached hydrogen (secondary N) is 4. The number of hydrogen-bond donors (Lipinski definition) is 4. The Labute approximate surface area is 303 Å². The highest BCUT2D eigenvalue weighted by Crippen LogP contribution is 2.65. The lowest BCUT2D eigenvalue weighted by Gasteiger charge is -2.44. The van der Waals surface area contributed by atoms with Crippen LogP contribution in [0.25, 0.3) is 0 Å². The Bertz CT molecular complexity index is 1490. The van der Waals surface area contributed by atoms with Crippen LogP contribution in [0, 0.1) is 28.6 Å². The first-order chi connectivity index (χ1) is 24.0. The van der Waals surface area contributed by atoms with E-state index in [1.807, 2.05) is 6.92 Å². The molecule has 0 bridgehead atoms. The van der Waals surface area contributed by atoms with Gasteiger partial charge in [-0.25, -0.2) is 17.5 Å². The summed E-state index contributed by atoms with van der Waals surface area (Å²) in [6.07, 6.45) is 11.9. The quantitative estimate of drug-likeness (QED) is 0.199. The zero-order valence-electron chi connectivity index (χ0n) is 31.2. The number of urea groups is 1. The van der Waals surface area contributed by atoms with Crippen LogP contribution in [0.3, 0.4) is 0 Å². The van der Waals surface area contributed by atoms with Gasteiger partial charge in [0.25, 0.3) is 5.91 Å². The number of hydrogen-bond acceptors (Lipinski definition) is 7. The minimum atomic E-state index is -3.63. The summed E-state index contributed by atoms with van der Waals surface area (Å²) >= 11 is 0. The summed E-state index contributed by atoms with van der Waals surface area (Å²) < 4.78 is 27.3. The molecule has 5 atom stereocenters. The second kappa shape index (κ2) is 14.2. The van der Waals surface area contributed by atoms with E-state index in [9.17, 15) is 32.4 Å². The Balaban J connectivity index is 1.23. The predicted molar refractivity (Wildman–Crippen MR) is 192 cm³/mol. The van der Waals surface area contributed by atoms with Crippen LogP contribution in [0.15, 0.2) is 0 Å². The topological polar surface area (TPSA) is 174 Å². The highest BCUT2D eigenvalue weighted by Gasteiger charge is 2.70. The van der Waals surface area contributed by atoms with E-state index in [0.29, 0.717) is 25.8 Å². The number of amides is 5. The first-order valence-corrected chi connectivity index (χ1v) is 21.0. The number of carbonyl (C=O) groups is 5. The molecule has 0 aromatic rings. The van der Waals surface area contributed by atoms with Crippen molar-refractivity contribution in [3.63, 3.8) is 0 Å². The van der Waals surface area contributed by atoms with Gasteiger partial charge in [0, 0.05) is 26.7 Å². The number of ketones is 1. The van der Waals surface area contributed by atoms with Crippen LogP contribution in [-0.2, 0) is 29.2 Å². The summed E-state index contributed by atoms with van der Waals surface area (Å²) in [7, 11) is -0.644. The van der Waals surface area contributed by atoms with Crippen LogP contribution in [0.5, 0.6) is 0 Å². The van der Waals surface area contributed by atoms with Crippen molar-refractivity contribution in [2.45, 2.75) is 147 Å². The monoisotopic (exact) mass is 732 g/mol. The van der Waals surface area contributed by atoms with Gasteiger partial charge >= 0.3 is 6.03 Å². The van der Waals surface area contributed by atoms with Gasteiger partial charge in [0.15, 0.2) is 0 Å². The van der Waals surface area contributed by atoms with E-state index >= 15 is 0 Å². The Morgan fingerprint density at radius 3 is 2.02 bits per heavy atom. The first-order valence-electron chi connectivity index (χ1n) is 19.4. The molecule has 13 nitrogen and oxygen atoms in total. The smallest absolute Gasteiger partial charge is 0.315 e. The zero-order valence-corrected chi connectivity index (χ0v) is 32.0. The molecule has 5 aliphatic carbocycles. The molecule has 5 unspecified atom stereocenters. The minimum absolute atomic E-state index is 0.0165.